The number of aromatic nitrogens is 2. The Morgan fingerprint density at radius 1 is 1.39 bits per heavy atom. The van der Waals surface area contributed by atoms with Gasteiger partial charge in [-0.3, -0.25) is 9.48 Å². The number of amides is 1. The van der Waals surface area contributed by atoms with E-state index < -0.39 is 6.09 Å². The molecular formula is C27H30N4O4S. The number of hydrogen-bond donors (Lipinski definition) is 1. The number of methoxy groups -OCH3 is 1. The standard InChI is InChI=1S/C27H30N4O4S/c1-17(19-5-4-6-21(10-19)34-3)9-20(32)11-25-24(13-28)23-8-7-22(12-26(23)36-25)35-27(33)29-14-18-15-30-31(2)16-18/h4-6,10,15-17,22H,7-9,11-12,14H2,1-3H3,(H,29,33). The number of aryl methyl sites for hydroxylation is 1. The average molecular weight is 507 g/mol. The Balaban J connectivity index is 1.35. The number of rotatable bonds is 9. The zero-order valence-corrected chi connectivity index (χ0v) is 21.6. The molecule has 0 saturated heterocycles. The van der Waals surface area contributed by atoms with Gasteiger partial charge in [0, 0.05) is 54.4 Å². The molecule has 4 rings (SSSR count). The third-order valence-electron chi connectivity index (χ3n) is 6.43. The van der Waals surface area contributed by atoms with Crippen molar-refractivity contribution >= 4 is 23.2 Å². The lowest BCUT2D eigenvalue weighted by atomic mass is 9.91. The number of ketones is 1. The maximum Gasteiger partial charge on any atom is 0.407 e. The van der Waals surface area contributed by atoms with Crippen LogP contribution in [0.2, 0.25) is 0 Å². The fourth-order valence-electron chi connectivity index (χ4n) is 4.56. The fraction of sp³-hybridized carbons (Fsp3) is 0.407. The summed E-state index contributed by atoms with van der Waals surface area (Å²) >= 11 is 1.50. The summed E-state index contributed by atoms with van der Waals surface area (Å²) in [5, 5.41) is 16.7. The number of fused-ring (bicyclic) bond motifs is 1. The Labute approximate surface area is 214 Å². The van der Waals surface area contributed by atoms with Crippen molar-refractivity contribution in [3.05, 3.63) is 68.7 Å². The van der Waals surface area contributed by atoms with Crippen LogP contribution in [0.4, 0.5) is 4.79 Å². The number of nitrogens with zero attached hydrogens (tertiary/aromatic N) is 3. The molecule has 1 aliphatic carbocycles. The van der Waals surface area contributed by atoms with Gasteiger partial charge in [0.1, 0.15) is 23.7 Å². The monoisotopic (exact) mass is 506 g/mol. The lowest BCUT2D eigenvalue weighted by molar-refractivity contribution is -0.118. The second-order valence-corrected chi connectivity index (χ2v) is 10.3. The molecule has 1 aliphatic rings. The third kappa shape index (κ3) is 6.13. The van der Waals surface area contributed by atoms with E-state index in [9.17, 15) is 14.9 Å². The molecule has 2 atom stereocenters. The van der Waals surface area contributed by atoms with Crippen LogP contribution in [0, 0.1) is 11.3 Å². The molecule has 2 unspecified atom stereocenters. The second-order valence-electron chi connectivity index (χ2n) is 9.16. The van der Waals surface area contributed by atoms with Crippen LogP contribution in [0.3, 0.4) is 0 Å². The Morgan fingerprint density at radius 3 is 2.94 bits per heavy atom. The fourth-order valence-corrected chi connectivity index (χ4v) is 5.95. The SMILES string of the molecule is COc1cccc(C(C)CC(=O)Cc2sc3c(c2C#N)CCC(OC(=O)NCc2cnn(C)c2)C3)c1. The van der Waals surface area contributed by atoms with E-state index in [1.54, 1.807) is 18.0 Å². The van der Waals surface area contributed by atoms with Gasteiger partial charge in [0.25, 0.3) is 0 Å². The maximum atomic E-state index is 12.9. The van der Waals surface area contributed by atoms with Gasteiger partial charge in [-0.1, -0.05) is 19.1 Å². The molecule has 188 valence electrons. The highest BCUT2D eigenvalue weighted by Crippen LogP contribution is 2.36. The molecule has 9 heteroatoms. The minimum atomic E-state index is -0.466. The second kappa shape index (κ2) is 11.4. The van der Waals surface area contributed by atoms with Crippen LogP contribution < -0.4 is 10.1 Å². The first kappa shape index (κ1) is 25.5. The summed E-state index contributed by atoms with van der Waals surface area (Å²) < 4.78 is 12.6. The number of carbonyl (C=O) groups excluding carboxylic acids is 2. The van der Waals surface area contributed by atoms with E-state index in [0.717, 1.165) is 32.2 Å². The molecule has 0 aliphatic heterocycles. The number of alkyl carbamates (subject to hydrolysis) is 1. The lowest BCUT2D eigenvalue weighted by Crippen LogP contribution is -2.31. The zero-order chi connectivity index (χ0) is 25.7. The summed E-state index contributed by atoms with van der Waals surface area (Å²) in [5.41, 5.74) is 3.57. The van der Waals surface area contributed by atoms with Gasteiger partial charge in [-0.2, -0.15) is 10.4 Å². The molecule has 2 heterocycles. The van der Waals surface area contributed by atoms with E-state index in [-0.39, 0.29) is 24.2 Å². The molecule has 1 aromatic carbocycles. The first-order valence-corrected chi connectivity index (χ1v) is 12.8. The van der Waals surface area contributed by atoms with E-state index in [1.807, 2.05) is 44.4 Å². The average Bonchev–Trinajstić information content (AvgIpc) is 3.44. The summed E-state index contributed by atoms with van der Waals surface area (Å²) in [7, 11) is 3.45. The lowest BCUT2D eigenvalue weighted by Gasteiger charge is -2.22. The summed E-state index contributed by atoms with van der Waals surface area (Å²) in [6, 6.07) is 10.1. The van der Waals surface area contributed by atoms with Crippen LogP contribution >= 0.6 is 11.3 Å². The van der Waals surface area contributed by atoms with Crippen LogP contribution in [0.5, 0.6) is 5.75 Å². The maximum absolute atomic E-state index is 12.9. The normalized spacial score (nSPS) is 15.4. The van der Waals surface area contributed by atoms with Crippen molar-refractivity contribution in [1.29, 1.82) is 5.26 Å². The van der Waals surface area contributed by atoms with Gasteiger partial charge in [0.05, 0.1) is 18.9 Å². The number of thiophene rings is 1. The third-order valence-corrected chi connectivity index (χ3v) is 7.68. The van der Waals surface area contributed by atoms with Gasteiger partial charge < -0.3 is 14.8 Å². The number of ether oxygens (including phenoxy) is 2. The molecule has 3 aromatic rings. The van der Waals surface area contributed by atoms with Gasteiger partial charge in [-0.15, -0.1) is 11.3 Å². The van der Waals surface area contributed by atoms with Crippen LogP contribution in [0.1, 0.15) is 57.7 Å². The molecule has 0 saturated carbocycles. The number of Topliss-reactive ketones (excluding diaryl/α,β-unsaturated/α-hetero) is 1. The van der Waals surface area contributed by atoms with Crippen LogP contribution in [0.25, 0.3) is 0 Å². The number of nitriles is 1. The largest absolute Gasteiger partial charge is 0.497 e. The minimum Gasteiger partial charge on any atom is -0.497 e. The number of benzene rings is 1. The van der Waals surface area contributed by atoms with E-state index in [4.69, 9.17) is 9.47 Å². The smallest absolute Gasteiger partial charge is 0.407 e. The van der Waals surface area contributed by atoms with Crippen molar-refractivity contribution in [2.45, 2.75) is 57.6 Å². The number of carbonyl (C=O) groups is 2. The van der Waals surface area contributed by atoms with Crippen molar-refractivity contribution in [2.24, 2.45) is 7.05 Å². The van der Waals surface area contributed by atoms with E-state index in [0.29, 0.717) is 37.8 Å². The van der Waals surface area contributed by atoms with E-state index in [1.165, 1.54) is 11.3 Å². The van der Waals surface area contributed by atoms with E-state index >= 15 is 0 Å². The van der Waals surface area contributed by atoms with Gasteiger partial charge >= 0.3 is 6.09 Å². The summed E-state index contributed by atoms with van der Waals surface area (Å²) in [6.45, 7) is 2.38. The minimum absolute atomic E-state index is 0.0516. The van der Waals surface area contributed by atoms with Crippen LogP contribution in [-0.2, 0) is 42.4 Å². The summed E-state index contributed by atoms with van der Waals surface area (Å²) in [4.78, 5) is 27.0. The van der Waals surface area contributed by atoms with Crippen molar-refractivity contribution in [1.82, 2.24) is 15.1 Å². The molecule has 0 spiro atoms. The molecular weight excluding hydrogens is 476 g/mol. The molecule has 36 heavy (non-hydrogen) atoms. The number of hydrogen-bond acceptors (Lipinski definition) is 7. The molecule has 0 fully saturated rings. The molecule has 0 radical (unpaired) electrons. The highest BCUT2D eigenvalue weighted by Gasteiger charge is 2.28. The molecule has 8 nitrogen and oxygen atoms in total. The Bertz CT molecular complexity index is 1290. The first-order valence-electron chi connectivity index (χ1n) is 12.0. The Morgan fingerprint density at radius 2 is 2.22 bits per heavy atom. The molecule has 1 amide bonds. The highest BCUT2D eigenvalue weighted by molar-refractivity contribution is 7.12. The van der Waals surface area contributed by atoms with Crippen LogP contribution in [0.15, 0.2) is 36.7 Å². The quantitative estimate of drug-likeness (QED) is 0.460. The molecule has 1 N–H and O–H groups in total. The Hall–Kier alpha value is -3.64. The number of nitrogens with one attached hydrogen (secondary N) is 1. The van der Waals surface area contributed by atoms with Crippen molar-refractivity contribution < 1.29 is 19.1 Å². The zero-order valence-electron chi connectivity index (χ0n) is 20.7. The van der Waals surface area contributed by atoms with Gasteiger partial charge in [0.2, 0.25) is 0 Å². The van der Waals surface area contributed by atoms with Crippen molar-refractivity contribution in [3.63, 3.8) is 0 Å². The van der Waals surface area contributed by atoms with E-state index in [2.05, 4.69) is 16.5 Å². The highest BCUT2D eigenvalue weighted by atomic mass is 32.1. The summed E-state index contributed by atoms with van der Waals surface area (Å²) in [5.74, 6) is 0.922. The summed E-state index contributed by atoms with van der Waals surface area (Å²) in [6.07, 6.45) is 5.31. The predicted molar refractivity (Wildman–Crippen MR) is 136 cm³/mol. The van der Waals surface area contributed by atoms with Gasteiger partial charge in [-0.05, 0) is 42.0 Å². The van der Waals surface area contributed by atoms with Gasteiger partial charge in [-0.25, -0.2) is 4.79 Å². The topological polar surface area (TPSA) is 106 Å². The Kier molecular flexibility index (Phi) is 8.06. The van der Waals surface area contributed by atoms with Crippen LogP contribution in [-0.4, -0.2) is 34.9 Å². The van der Waals surface area contributed by atoms with Crippen molar-refractivity contribution in [2.75, 3.05) is 7.11 Å². The van der Waals surface area contributed by atoms with Crippen molar-refractivity contribution in [3.8, 4) is 11.8 Å². The molecule has 2 aromatic heterocycles. The first-order chi connectivity index (χ1) is 17.4. The molecule has 0 bridgehead atoms. The van der Waals surface area contributed by atoms with Gasteiger partial charge in [0.15, 0.2) is 0 Å². The predicted octanol–water partition coefficient (Wildman–Crippen LogP) is 4.45.